The monoisotopic (exact) mass is 324 g/mol. The highest BCUT2D eigenvalue weighted by Gasteiger charge is 2.20. The van der Waals surface area contributed by atoms with Crippen LogP contribution in [-0.2, 0) is 9.53 Å². The van der Waals surface area contributed by atoms with E-state index < -0.39 is 0 Å². The van der Waals surface area contributed by atoms with E-state index in [1.54, 1.807) is 17.7 Å². The van der Waals surface area contributed by atoms with Gasteiger partial charge >= 0.3 is 5.97 Å². The van der Waals surface area contributed by atoms with Crippen molar-refractivity contribution in [3.63, 3.8) is 0 Å². The predicted molar refractivity (Wildman–Crippen MR) is 88.1 cm³/mol. The van der Waals surface area contributed by atoms with Crippen molar-refractivity contribution in [1.82, 2.24) is 9.97 Å². The van der Waals surface area contributed by atoms with Crippen LogP contribution in [0.3, 0.4) is 0 Å². The van der Waals surface area contributed by atoms with Crippen LogP contribution in [0.15, 0.2) is 11.4 Å². The number of fused-ring (bicyclic) bond motifs is 1. The van der Waals surface area contributed by atoms with Gasteiger partial charge in [-0.1, -0.05) is 25.1 Å². The highest BCUT2D eigenvalue weighted by molar-refractivity contribution is 8.00. The summed E-state index contributed by atoms with van der Waals surface area (Å²) in [5, 5.41) is 1.67. The van der Waals surface area contributed by atoms with Gasteiger partial charge in [0.1, 0.15) is 21.4 Å². The lowest BCUT2D eigenvalue weighted by molar-refractivity contribution is -0.142. The van der Waals surface area contributed by atoms with Gasteiger partial charge in [-0.3, -0.25) is 4.79 Å². The zero-order valence-corrected chi connectivity index (χ0v) is 14.4. The molecule has 0 saturated carbocycles. The van der Waals surface area contributed by atoms with E-state index >= 15 is 0 Å². The minimum atomic E-state index is -0.264. The smallest absolute Gasteiger partial charge is 0.319 e. The number of rotatable bonds is 6. The molecule has 114 valence electrons. The molecule has 0 aliphatic carbocycles. The van der Waals surface area contributed by atoms with Crippen molar-refractivity contribution in [1.29, 1.82) is 0 Å². The number of thioether (sulfide) groups is 1. The first-order valence-corrected chi connectivity index (χ1v) is 8.78. The molecule has 2 aromatic rings. The minimum absolute atomic E-state index is 0.176. The Balaban J connectivity index is 2.14. The molecule has 2 aromatic heterocycles. The van der Waals surface area contributed by atoms with Crippen LogP contribution >= 0.6 is 23.1 Å². The van der Waals surface area contributed by atoms with Gasteiger partial charge in [0, 0.05) is 10.3 Å². The minimum Gasteiger partial charge on any atom is -0.465 e. The van der Waals surface area contributed by atoms with Gasteiger partial charge in [0.25, 0.3) is 0 Å². The third kappa shape index (κ3) is 3.74. The average molecular weight is 324 g/mol. The summed E-state index contributed by atoms with van der Waals surface area (Å²) in [5.74, 6) is -0.176. The normalized spacial score (nSPS) is 12.6. The highest BCUT2D eigenvalue weighted by Crippen LogP contribution is 2.36. The number of aryl methyl sites for hydroxylation is 2. The molecule has 0 N–H and O–H groups in total. The van der Waals surface area contributed by atoms with Crippen LogP contribution in [0.1, 0.15) is 37.1 Å². The number of unbranched alkanes of at least 4 members (excludes halogenated alkanes) is 1. The molecule has 1 unspecified atom stereocenters. The summed E-state index contributed by atoms with van der Waals surface area (Å²) in [6.07, 6.45) is 3.49. The summed E-state index contributed by atoms with van der Waals surface area (Å²) in [4.78, 5) is 22.9. The second-order valence-electron chi connectivity index (χ2n) is 4.92. The van der Waals surface area contributed by atoms with Crippen LogP contribution < -0.4 is 0 Å². The number of hydrogen-bond donors (Lipinski definition) is 0. The average Bonchev–Trinajstić information content (AvgIpc) is 2.75. The molecule has 0 fully saturated rings. The van der Waals surface area contributed by atoms with Gasteiger partial charge in [-0.2, -0.15) is 0 Å². The molecule has 21 heavy (non-hydrogen) atoms. The molecule has 0 aliphatic heterocycles. The van der Waals surface area contributed by atoms with Crippen LogP contribution in [0.25, 0.3) is 10.2 Å². The summed E-state index contributed by atoms with van der Waals surface area (Å²) >= 11 is 3.11. The SMILES string of the molecule is CCCCOC(=O)C(C)Sc1ncnc2sc(C)c(C)c12. The lowest BCUT2D eigenvalue weighted by Gasteiger charge is -2.11. The molecular weight excluding hydrogens is 304 g/mol. The van der Waals surface area contributed by atoms with Gasteiger partial charge in [-0.05, 0) is 32.8 Å². The Morgan fingerprint density at radius 2 is 2.19 bits per heavy atom. The Bertz CT molecular complexity index is 640. The summed E-state index contributed by atoms with van der Waals surface area (Å²) in [6, 6.07) is 0. The Kier molecular flexibility index (Phi) is 5.58. The zero-order chi connectivity index (χ0) is 15.4. The van der Waals surface area contributed by atoms with Crippen LogP contribution in [0.2, 0.25) is 0 Å². The van der Waals surface area contributed by atoms with E-state index in [0.29, 0.717) is 6.61 Å². The molecule has 2 rings (SSSR count). The predicted octanol–water partition coefficient (Wildman–Crippen LogP) is 4.13. The second kappa shape index (κ2) is 7.22. The van der Waals surface area contributed by atoms with E-state index in [4.69, 9.17) is 4.74 Å². The number of esters is 1. The van der Waals surface area contributed by atoms with Crippen LogP contribution in [0.4, 0.5) is 0 Å². The van der Waals surface area contributed by atoms with Crippen molar-refractivity contribution < 1.29 is 9.53 Å². The Labute approximate surface area is 133 Å². The standard InChI is InChI=1S/C15H20N2O2S2/c1-5-6-7-19-15(18)11(4)21-14-12-9(2)10(3)20-13(12)16-8-17-14/h8,11H,5-7H2,1-4H3. The van der Waals surface area contributed by atoms with Gasteiger partial charge in [0.15, 0.2) is 0 Å². The second-order valence-corrected chi connectivity index (χ2v) is 7.46. The van der Waals surface area contributed by atoms with E-state index in [1.807, 2.05) is 6.92 Å². The van der Waals surface area contributed by atoms with E-state index in [9.17, 15) is 4.79 Å². The van der Waals surface area contributed by atoms with Gasteiger partial charge in [-0.15, -0.1) is 11.3 Å². The molecule has 0 aliphatic rings. The third-order valence-corrected chi connectivity index (χ3v) is 5.49. The maximum absolute atomic E-state index is 12.0. The Morgan fingerprint density at radius 3 is 2.90 bits per heavy atom. The number of nitrogens with zero attached hydrogens (tertiary/aromatic N) is 2. The fraction of sp³-hybridized carbons (Fsp3) is 0.533. The molecule has 0 amide bonds. The lowest BCUT2D eigenvalue weighted by Crippen LogP contribution is -2.17. The maximum Gasteiger partial charge on any atom is 0.319 e. The molecule has 0 saturated heterocycles. The Hall–Kier alpha value is -1.14. The number of thiophene rings is 1. The number of ether oxygens (including phenoxy) is 1. The molecule has 0 radical (unpaired) electrons. The van der Waals surface area contributed by atoms with Crippen LogP contribution in [0.5, 0.6) is 0 Å². The van der Waals surface area contributed by atoms with Crippen LogP contribution in [-0.4, -0.2) is 27.8 Å². The van der Waals surface area contributed by atoms with Gasteiger partial charge in [0.05, 0.1) is 6.61 Å². The number of aromatic nitrogens is 2. The van der Waals surface area contributed by atoms with E-state index in [2.05, 4.69) is 30.7 Å². The number of carbonyl (C=O) groups is 1. The van der Waals surface area contributed by atoms with E-state index in [1.165, 1.54) is 22.2 Å². The first-order chi connectivity index (χ1) is 10.0. The molecule has 0 spiro atoms. The first kappa shape index (κ1) is 16.2. The van der Waals surface area contributed by atoms with Crippen molar-refractivity contribution in [2.75, 3.05) is 6.61 Å². The van der Waals surface area contributed by atoms with Crippen molar-refractivity contribution in [3.8, 4) is 0 Å². The Morgan fingerprint density at radius 1 is 1.43 bits per heavy atom. The third-order valence-electron chi connectivity index (χ3n) is 3.29. The molecule has 1 atom stereocenters. The van der Waals surface area contributed by atoms with Crippen molar-refractivity contribution in [2.24, 2.45) is 0 Å². The van der Waals surface area contributed by atoms with Gasteiger partial charge in [0.2, 0.25) is 0 Å². The van der Waals surface area contributed by atoms with Crippen molar-refractivity contribution in [2.45, 2.75) is 50.8 Å². The largest absolute Gasteiger partial charge is 0.465 e. The van der Waals surface area contributed by atoms with Crippen molar-refractivity contribution in [3.05, 3.63) is 16.8 Å². The molecule has 2 heterocycles. The summed E-state index contributed by atoms with van der Waals surface area (Å²) in [7, 11) is 0. The molecule has 0 aromatic carbocycles. The zero-order valence-electron chi connectivity index (χ0n) is 12.8. The van der Waals surface area contributed by atoms with Crippen molar-refractivity contribution >= 4 is 39.3 Å². The number of carbonyl (C=O) groups excluding carboxylic acids is 1. The lowest BCUT2D eigenvalue weighted by atomic mass is 10.2. The topological polar surface area (TPSA) is 52.1 Å². The van der Waals surface area contributed by atoms with Gasteiger partial charge < -0.3 is 4.74 Å². The number of hydrogen-bond acceptors (Lipinski definition) is 6. The summed E-state index contributed by atoms with van der Waals surface area (Å²) in [5.41, 5.74) is 1.20. The fourth-order valence-electron chi connectivity index (χ4n) is 1.89. The van der Waals surface area contributed by atoms with Crippen LogP contribution in [0, 0.1) is 13.8 Å². The fourth-order valence-corrected chi connectivity index (χ4v) is 3.93. The highest BCUT2D eigenvalue weighted by atomic mass is 32.2. The van der Waals surface area contributed by atoms with Gasteiger partial charge in [-0.25, -0.2) is 9.97 Å². The molecule has 0 bridgehead atoms. The molecule has 6 heteroatoms. The first-order valence-electron chi connectivity index (χ1n) is 7.08. The molecular formula is C15H20N2O2S2. The summed E-state index contributed by atoms with van der Waals surface area (Å²) in [6.45, 7) is 8.59. The van der Waals surface area contributed by atoms with E-state index in [-0.39, 0.29) is 11.2 Å². The molecule has 4 nitrogen and oxygen atoms in total. The maximum atomic E-state index is 12.0. The quantitative estimate of drug-likeness (QED) is 0.346. The summed E-state index contributed by atoms with van der Waals surface area (Å²) < 4.78 is 5.26. The van der Waals surface area contributed by atoms with E-state index in [0.717, 1.165) is 28.1 Å².